The second-order valence-corrected chi connectivity index (χ2v) is 7.82. The summed E-state index contributed by atoms with van der Waals surface area (Å²) >= 11 is 0. The fraction of sp³-hybridized carbons (Fsp3) is 0.609. The van der Waals surface area contributed by atoms with Gasteiger partial charge in [-0.3, -0.25) is 4.79 Å². The van der Waals surface area contributed by atoms with Gasteiger partial charge < -0.3 is 23.8 Å². The summed E-state index contributed by atoms with van der Waals surface area (Å²) < 4.78 is 21.1. The van der Waals surface area contributed by atoms with Gasteiger partial charge in [-0.1, -0.05) is 30.3 Å². The number of nitrogens with zero attached hydrogens (tertiary/aromatic N) is 1. The first-order valence-electron chi connectivity index (χ1n) is 11.0. The summed E-state index contributed by atoms with van der Waals surface area (Å²) in [6.07, 6.45) is 2.10. The molecular weight excluding hydrogens is 402 g/mol. The van der Waals surface area contributed by atoms with E-state index in [1.165, 1.54) is 0 Å². The SMILES string of the molecule is CCOC(=O)OCC(C(=O)COC1CC2CCC(C1)N2C(=O)OCC)c1ccccc1. The maximum absolute atomic E-state index is 13.0. The lowest BCUT2D eigenvalue weighted by Crippen LogP contribution is -2.49. The second-order valence-electron chi connectivity index (χ2n) is 7.82. The summed E-state index contributed by atoms with van der Waals surface area (Å²) in [6.45, 7) is 3.88. The molecule has 3 rings (SSSR count). The maximum atomic E-state index is 13.0. The van der Waals surface area contributed by atoms with Gasteiger partial charge in [-0.15, -0.1) is 0 Å². The molecule has 0 aromatic heterocycles. The van der Waals surface area contributed by atoms with Crippen LogP contribution in [0.5, 0.6) is 0 Å². The van der Waals surface area contributed by atoms with Gasteiger partial charge in [0.25, 0.3) is 0 Å². The highest BCUT2D eigenvalue weighted by molar-refractivity contribution is 5.87. The Kier molecular flexibility index (Phi) is 8.28. The molecule has 31 heavy (non-hydrogen) atoms. The van der Waals surface area contributed by atoms with Crippen LogP contribution in [0.15, 0.2) is 30.3 Å². The summed E-state index contributed by atoms with van der Waals surface area (Å²) in [7, 11) is 0. The molecule has 2 saturated heterocycles. The normalized spacial score (nSPS) is 23.2. The van der Waals surface area contributed by atoms with Crippen LogP contribution in [0, 0.1) is 0 Å². The van der Waals surface area contributed by atoms with Gasteiger partial charge in [0, 0.05) is 12.1 Å². The minimum absolute atomic E-state index is 0.0741. The fourth-order valence-electron chi connectivity index (χ4n) is 4.43. The Labute approximate surface area is 182 Å². The standard InChI is InChI=1S/C23H31NO7/c1-3-28-22(26)24-17-10-11-18(24)13-19(12-17)30-15-21(25)20(14-31-23(27)29-4-2)16-8-6-5-7-9-16/h5-9,17-20H,3-4,10-15H2,1-2H3. The summed E-state index contributed by atoms with van der Waals surface area (Å²) in [5.74, 6) is -0.780. The number of benzene rings is 1. The molecule has 3 atom stereocenters. The van der Waals surface area contributed by atoms with Crippen LogP contribution in [-0.2, 0) is 23.7 Å². The Morgan fingerprint density at radius 1 is 0.968 bits per heavy atom. The lowest BCUT2D eigenvalue weighted by molar-refractivity contribution is -0.129. The van der Waals surface area contributed by atoms with Gasteiger partial charge in [0.1, 0.15) is 13.2 Å². The molecule has 0 N–H and O–H groups in total. The molecule has 2 fully saturated rings. The molecule has 1 amide bonds. The van der Waals surface area contributed by atoms with E-state index >= 15 is 0 Å². The molecule has 0 spiro atoms. The number of rotatable bonds is 9. The highest BCUT2D eigenvalue weighted by Crippen LogP contribution is 2.37. The van der Waals surface area contributed by atoms with Crippen molar-refractivity contribution in [2.75, 3.05) is 26.4 Å². The van der Waals surface area contributed by atoms with Gasteiger partial charge in [0.15, 0.2) is 5.78 Å². The van der Waals surface area contributed by atoms with E-state index in [2.05, 4.69) is 0 Å². The number of piperidine rings is 1. The first-order chi connectivity index (χ1) is 15.0. The van der Waals surface area contributed by atoms with Crippen molar-refractivity contribution in [1.29, 1.82) is 0 Å². The van der Waals surface area contributed by atoms with Crippen LogP contribution in [0.4, 0.5) is 9.59 Å². The average molecular weight is 434 g/mol. The zero-order chi connectivity index (χ0) is 22.2. The number of hydrogen-bond donors (Lipinski definition) is 0. The monoisotopic (exact) mass is 433 g/mol. The Bertz CT molecular complexity index is 740. The number of carbonyl (C=O) groups is 3. The predicted octanol–water partition coefficient (Wildman–Crippen LogP) is 3.68. The Hall–Kier alpha value is -2.61. The van der Waals surface area contributed by atoms with Crippen LogP contribution in [0.1, 0.15) is 51.0 Å². The van der Waals surface area contributed by atoms with E-state index in [-0.39, 0.29) is 49.9 Å². The van der Waals surface area contributed by atoms with Crippen molar-refractivity contribution in [2.45, 2.75) is 63.6 Å². The van der Waals surface area contributed by atoms with Crippen LogP contribution in [0.25, 0.3) is 0 Å². The van der Waals surface area contributed by atoms with E-state index in [1.807, 2.05) is 35.2 Å². The van der Waals surface area contributed by atoms with Crippen molar-refractivity contribution in [3.05, 3.63) is 35.9 Å². The third-order valence-corrected chi connectivity index (χ3v) is 5.85. The van der Waals surface area contributed by atoms with Crippen LogP contribution in [0.3, 0.4) is 0 Å². The van der Waals surface area contributed by atoms with Crippen LogP contribution in [-0.4, -0.2) is 67.5 Å². The maximum Gasteiger partial charge on any atom is 0.508 e. The Morgan fingerprint density at radius 3 is 2.23 bits per heavy atom. The number of hydrogen-bond acceptors (Lipinski definition) is 7. The minimum atomic E-state index is -0.792. The number of ether oxygens (including phenoxy) is 4. The number of amides is 1. The largest absolute Gasteiger partial charge is 0.508 e. The van der Waals surface area contributed by atoms with E-state index in [0.29, 0.717) is 19.4 Å². The van der Waals surface area contributed by atoms with Crippen LogP contribution < -0.4 is 0 Å². The third kappa shape index (κ3) is 5.97. The summed E-state index contributed by atoms with van der Waals surface area (Å²) in [5.41, 5.74) is 0.762. The van der Waals surface area contributed by atoms with Gasteiger partial charge in [-0.25, -0.2) is 9.59 Å². The highest BCUT2D eigenvalue weighted by atomic mass is 16.7. The lowest BCUT2D eigenvalue weighted by Gasteiger charge is -2.37. The van der Waals surface area contributed by atoms with Crippen molar-refractivity contribution in [2.24, 2.45) is 0 Å². The average Bonchev–Trinajstić information content (AvgIpc) is 3.04. The van der Waals surface area contributed by atoms with Crippen molar-refractivity contribution >= 4 is 18.0 Å². The molecule has 0 aliphatic carbocycles. The molecule has 2 heterocycles. The molecule has 8 heteroatoms. The van der Waals surface area contributed by atoms with Gasteiger partial charge >= 0.3 is 12.2 Å². The van der Waals surface area contributed by atoms with E-state index in [9.17, 15) is 14.4 Å². The van der Waals surface area contributed by atoms with Crippen molar-refractivity contribution in [3.8, 4) is 0 Å². The molecule has 3 unspecified atom stereocenters. The smallest absolute Gasteiger partial charge is 0.450 e. The number of carbonyl (C=O) groups excluding carboxylic acids is 3. The van der Waals surface area contributed by atoms with Crippen molar-refractivity contribution in [3.63, 3.8) is 0 Å². The molecule has 2 aliphatic rings. The molecule has 0 radical (unpaired) electrons. The van der Waals surface area contributed by atoms with E-state index < -0.39 is 12.1 Å². The van der Waals surface area contributed by atoms with Gasteiger partial charge in [0.05, 0.1) is 25.2 Å². The highest BCUT2D eigenvalue weighted by Gasteiger charge is 2.44. The molecule has 0 saturated carbocycles. The first kappa shape index (κ1) is 23.1. The molecule has 2 aliphatic heterocycles. The lowest BCUT2D eigenvalue weighted by atomic mass is 9.95. The van der Waals surface area contributed by atoms with Gasteiger partial charge in [0.2, 0.25) is 0 Å². The number of Topliss-reactive ketones (excluding diaryl/α,β-unsaturated/α-hetero) is 1. The zero-order valence-electron chi connectivity index (χ0n) is 18.2. The summed E-state index contributed by atoms with van der Waals surface area (Å²) in [5, 5.41) is 0. The topological polar surface area (TPSA) is 91.4 Å². The molecule has 8 nitrogen and oxygen atoms in total. The summed E-state index contributed by atoms with van der Waals surface area (Å²) in [4.78, 5) is 38.6. The minimum Gasteiger partial charge on any atom is -0.450 e. The molecular formula is C23H31NO7. The van der Waals surface area contributed by atoms with E-state index in [4.69, 9.17) is 18.9 Å². The van der Waals surface area contributed by atoms with Gasteiger partial charge in [-0.05, 0) is 45.1 Å². The van der Waals surface area contributed by atoms with Crippen molar-refractivity contribution in [1.82, 2.24) is 4.90 Å². The first-order valence-corrected chi connectivity index (χ1v) is 11.0. The summed E-state index contributed by atoms with van der Waals surface area (Å²) in [6, 6.07) is 9.38. The fourth-order valence-corrected chi connectivity index (χ4v) is 4.43. The van der Waals surface area contributed by atoms with E-state index in [0.717, 1.165) is 18.4 Å². The zero-order valence-corrected chi connectivity index (χ0v) is 18.2. The number of fused-ring (bicyclic) bond motifs is 2. The van der Waals surface area contributed by atoms with Gasteiger partial charge in [-0.2, -0.15) is 0 Å². The quantitative estimate of drug-likeness (QED) is 0.549. The predicted molar refractivity (Wildman–Crippen MR) is 112 cm³/mol. The molecule has 1 aromatic carbocycles. The van der Waals surface area contributed by atoms with Crippen LogP contribution in [0.2, 0.25) is 0 Å². The second kappa shape index (κ2) is 11.1. The Balaban J connectivity index is 1.56. The van der Waals surface area contributed by atoms with Crippen LogP contribution >= 0.6 is 0 Å². The third-order valence-electron chi connectivity index (χ3n) is 5.85. The van der Waals surface area contributed by atoms with Crippen molar-refractivity contribution < 1.29 is 33.3 Å². The van der Waals surface area contributed by atoms with E-state index in [1.54, 1.807) is 13.8 Å². The molecule has 2 bridgehead atoms. The molecule has 1 aromatic rings. The number of ketones is 1. The Morgan fingerprint density at radius 2 is 1.61 bits per heavy atom. The molecule has 170 valence electrons.